The molecule has 0 saturated heterocycles. The van der Waals surface area contributed by atoms with Crippen LogP contribution in [0.2, 0.25) is 0 Å². The number of nitrogens with one attached hydrogen (secondary N) is 1. The number of carbonyl (C=O) groups excluding carboxylic acids is 1. The Kier molecular flexibility index (Phi) is 5.81. The Bertz CT molecular complexity index is 1070. The number of sulfonamides is 1. The lowest BCUT2D eigenvalue weighted by Crippen LogP contribution is -2.36. The van der Waals surface area contributed by atoms with Gasteiger partial charge in [0.1, 0.15) is 4.90 Å². The minimum atomic E-state index is -3.94. The van der Waals surface area contributed by atoms with Crippen LogP contribution in [-0.4, -0.2) is 59.0 Å². The van der Waals surface area contributed by atoms with Gasteiger partial charge in [-0.05, 0) is 24.1 Å². The van der Waals surface area contributed by atoms with Crippen molar-refractivity contribution in [3.63, 3.8) is 0 Å². The zero-order valence-electron chi connectivity index (χ0n) is 16.6. The van der Waals surface area contributed by atoms with Crippen LogP contribution in [0, 0.1) is 0 Å². The molecule has 160 valence electrons. The number of amides is 1. The fourth-order valence-electron chi connectivity index (χ4n) is 3.57. The molecule has 0 radical (unpaired) electrons. The lowest BCUT2D eigenvalue weighted by atomic mass is 9.97. The van der Waals surface area contributed by atoms with E-state index in [9.17, 15) is 13.2 Å². The second-order valence-electron chi connectivity index (χ2n) is 6.82. The monoisotopic (exact) mass is 450 g/mol. The molecule has 1 amide bonds. The largest absolute Gasteiger partial charge is 0.492 e. The highest BCUT2D eigenvalue weighted by atomic mass is 32.2. The van der Waals surface area contributed by atoms with Crippen LogP contribution < -0.4 is 18.9 Å². The van der Waals surface area contributed by atoms with Crippen LogP contribution in [0.5, 0.6) is 17.2 Å². The van der Waals surface area contributed by atoms with E-state index in [4.69, 9.17) is 14.2 Å². The van der Waals surface area contributed by atoms with Gasteiger partial charge in [-0.3, -0.25) is 4.79 Å². The highest BCUT2D eigenvalue weighted by Gasteiger charge is 2.40. The van der Waals surface area contributed by atoms with Crippen LogP contribution in [0.4, 0.5) is 0 Å². The third kappa shape index (κ3) is 3.70. The molecule has 1 N–H and O–H groups in total. The van der Waals surface area contributed by atoms with Crippen molar-refractivity contribution < 1.29 is 27.4 Å². The van der Waals surface area contributed by atoms with Crippen LogP contribution in [0.25, 0.3) is 0 Å². The van der Waals surface area contributed by atoms with Gasteiger partial charge in [0.05, 0.1) is 12.7 Å². The fraction of sp³-hybridized carbons (Fsp3) is 0.350. The van der Waals surface area contributed by atoms with Gasteiger partial charge in [-0.2, -0.15) is 0 Å². The molecular weight excluding hydrogens is 428 g/mol. The van der Waals surface area contributed by atoms with Crippen molar-refractivity contribution in [2.45, 2.75) is 16.2 Å². The number of likely N-dealkylation sites (N-methyl/N-ethyl adjacent to an activating group) is 1. The smallest absolute Gasteiger partial charge is 0.257 e. The van der Waals surface area contributed by atoms with Gasteiger partial charge in [0.2, 0.25) is 22.6 Å². The Morgan fingerprint density at radius 2 is 1.93 bits per heavy atom. The number of nitrogens with zero attached hydrogens (tertiary/aromatic N) is 1. The van der Waals surface area contributed by atoms with E-state index in [1.165, 1.54) is 12.0 Å². The predicted octanol–water partition coefficient (Wildman–Crippen LogP) is 2.12. The van der Waals surface area contributed by atoms with Gasteiger partial charge in [-0.25, -0.2) is 13.1 Å². The summed E-state index contributed by atoms with van der Waals surface area (Å²) in [5.74, 6) is 0.725. The molecule has 30 heavy (non-hydrogen) atoms. The van der Waals surface area contributed by atoms with E-state index in [1.807, 2.05) is 30.3 Å². The molecule has 0 fully saturated rings. The zero-order valence-corrected chi connectivity index (χ0v) is 18.3. The van der Waals surface area contributed by atoms with E-state index in [2.05, 4.69) is 4.72 Å². The van der Waals surface area contributed by atoms with Crippen molar-refractivity contribution in [3.05, 3.63) is 41.5 Å². The lowest BCUT2D eigenvalue weighted by molar-refractivity contribution is 0.0775. The molecule has 8 nitrogen and oxygen atoms in total. The summed E-state index contributed by atoms with van der Waals surface area (Å²) in [4.78, 5) is 15.4. The molecule has 0 atom stereocenters. The summed E-state index contributed by atoms with van der Waals surface area (Å²) in [5, 5.41) is 0. The van der Waals surface area contributed by atoms with Crippen molar-refractivity contribution in [3.8, 4) is 17.2 Å². The fourth-order valence-corrected chi connectivity index (χ4v) is 5.92. The van der Waals surface area contributed by atoms with Crippen molar-refractivity contribution >= 4 is 27.7 Å². The molecule has 2 heterocycles. The first-order valence-corrected chi connectivity index (χ1v) is 11.9. The predicted molar refractivity (Wildman–Crippen MR) is 112 cm³/mol. The van der Waals surface area contributed by atoms with Gasteiger partial charge in [0.15, 0.2) is 11.5 Å². The molecule has 0 aliphatic carbocycles. The molecule has 4 rings (SSSR count). The number of rotatable bonds is 7. The number of hydrogen-bond acceptors (Lipinski definition) is 7. The van der Waals surface area contributed by atoms with Gasteiger partial charge in [-0.1, -0.05) is 18.2 Å². The molecule has 0 unspecified atom stereocenters. The van der Waals surface area contributed by atoms with Crippen LogP contribution in [-0.2, 0) is 16.4 Å². The summed E-state index contributed by atoms with van der Waals surface area (Å²) < 4.78 is 45.5. The molecule has 2 aromatic rings. The van der Waals surface area contributed by atoms with Crippen LogP contribution >= 0.6 is 11.8 Å². The minimum absolute atomic E-state index is 0.0306. The van der Waals surface area contributed by atoms with Gasteiger partial charge < -0.3 is 19.1 Å². The lowest BCUT2D eigenvalue weighted by Gasteiger charge is -2.28. The van der Waals surface area contributed by atoms with Crippen LogP contribution in [0.1, 0.15) is 15.9 Å². The first kappa shape index (κ1) is 20.8. The number of methoxy groups -OCH3 is 1. The number of fused-ring (bicyclic) bond motifs is 2. The summed E-state index contributed by atoms with van der Waals surface area (Å²) >= 11 is 1.55. The van der Waals surface area contributed by atoms with E-state index in [-0.39, 0.29) is 47.0 Å². The number of carbonyl (C=O) groups is 1. The van der Waals surface area contributed by atoms with Gasteiger partial charge >= 0.3 is 0 Å². The van der Waals surface area contributed by atoms with Crippen molar-refractivity contribution in [2.24, 2.45) is 0 Å². The Hall–Kier alpha value is -2.43. The standard InChI is InChI=1S/C20H22N2O6S2/c1-22-10-8-14-15(20(22)23)16(26-2)17-18(28-12-27-17)19(14)30(24,25)21-9-11-29-13-6-4-3-5-7-13/h3-7,21H,8-12H2,1-2H3. The maximum atomic E-state index is 13.2. The SMILES string of the molecule is COc1c2c(c(S(=O)(=O)NCCSc3ccccc3)c3c1C(=O)N(C)CC3)OCO2. The molecule has 10 heteroatoms. The van der Waals surface area contributed by atoms with E-state index in [1.54, 1.807) is 18.8 Å². The van der Waals surface area contributed by atoms with Gasteiger partial charge in [0, 0.05) is 30.8 Å². The average Bonchev–Trinajstić information content (AvgIpc) is 3.22. The zero-order chi connectivity index (χ0) is 21.3. The summed E-state index contributed by atoms with van der Waals surface area (Å²) in [7, 11) is -0.849. The Labute approximate surface area is 179 Å². The topological polar surface area (TPSA) is 94.2 Å². The summed E-state index contributed by atoms with van der Waals surface area (Å²) in [6.07, 6.45) is 0.375. The average molecular weight is 451 g/mol. The molecule has 0 aromatic heterocycles. The van der Waals surface area contributed by atoms with E-state index in [0.717, 1.165) is 4.90 Å². The Morgan fingerprint density at radius 3 is 2.67 bits per heavy atom. The van der Waals surface area contributed by atoms with Gasteiger partial charge in [0.25, 0.3) is 5.91 Å². The number of hydrogen-bond donors (Lipinski definition) is 1. The first-order valence-electron chi connectivity index (χ1n) is 9.39. The number of benzene rings is 2. The Balaban J connectivity index is 1.66. The second-order valence-corrected chi connectivity index (χ2v) is 9.69. The Morgan fingerprint density at radius 1 is 1.20 bits per heavy atom. The maximum absolute atomic E-state index is 13.2. The molecule has 0 saturated carbocycles. The summed E-state index contributed by atoms with van der Waals surface area (Å²) in [6, 6.07) is 9.75. The minimum Gasteiger partial charge on any atom is -0.492 e. The summed E-state index contributed by atoms with van der Waals surface area (Å²) in [5.41, 5.74) is 0.622. The van der Waals surface area contributed by atoms with Crippen molar-refractivity contribution in [2.75, 3.05) is 39.8 Å². The van der Waals surface area contributed by atoms with Crippen LogP contribution in [0.3, 0.4) is 0 Å². The van der Waals surface area contributed by atoms with E-state index < -0.39 is 10.0 Å². The third-order valence-electron chi connectivity index (χ3n) is 4.96. The molecule has 2 aromatic carbocycles. The van der Waals surface area contributed by atoms with E-state index in [0.29, 0.717) is 24.3 Å². The van der Waals surface area contributed by atoms with Crippen LogP contribution in [0.15, 0.2) is 40.1 Å². The summed E-state index contributed by atoms with van der Waals surface area (Å²) in [6.45, 7) is 0.498. The molecule has 2 aliphatic rings. The molecular formula is C20H22N2O6S2. The van der Waals surface area contributed by atoms with E-state index >= 15 is 0 Å². The molecule has 0 bridgehead atoms. The second kappa shape index (κ2) is 8.37. The third-order valence-corrected chi connectivity index (χ3v) is 7.53. The first-order chi connectivity index (χ1) is 14.4. The highest BCUT2D eigenvalue weighted by Crippen LogP contribution is 2.51. The normalized spacial score (nSPS) is 15.3. The number of ether oxygens (including phenoxy) is 3. The molecule has 0 spiro atoms. The van der Waals surface area contributed by atoms with Crippen molar-refractivity contribution in [1.29, 1.82) is 0 Å². The quantitative estimate of drug-likeness (QED) is 0.510. The molecule has 2 aliphatic heterocycles. The van der Waals surface area contributed by atoms with Crippen molar-refractivity contribution in [1.82, 2.24) is 9.62 Å². The van der Waals surface area contributed by atoms with Gasteiger partial charge in [-0.15, -0.1) is 11.8 Å². The highest BCUT2D eigenvalue weighted by molar-refractivity contribution is 7.99. The maximum Gasteiger partial charge on any atom is 0.257 e. The number of thioether (sulfide) groups is 1.